The quantitative estimate of drug-likeness (QED) is 0.599. The lowest BCUT2D eigenvalue weighted by atomic mass is 10.1. The Morgan fingerprint density at radius 2 is 1.79 bits per heavy atom. The second-order valence-corrected chi connectivity index (χ2v) is 6.91. The number of rotatable bonds is 7. The highest BCUT2D eigenvalue weighted by Crippen LogP contribution is 2.23. The van der Waals surface area contributed by atoms with Crippen molar-refractivity contribution >= 4 is 28.8 Å². The van der Waals surface area contributed by atoms with Gasteiger partial charge in [-0.2, -0.15) is 0 Å². The number of amides is 1. The predicted octanol–water partition coefficient (Wildman–Crippen LogP) is 4.94. The van der Waals surface area contributed by atoms with Crippen molar-refractivity contribution < 1.29 is 4.79 Å². The minimum atomic E-state index is -0.279. The molecule has 3 aromatic rings. The highest BCUT2D eigenvalue weighted by molar-refractivity contribution is 6.03. The molecule has 0 saturated carbocycles. The number of hydrogen-bond donors (Lipinski definition) is 2. The third-order valence-corrected chi connectivity index (χ3v) is 4.76. The van der Waals surface area contributed by atoms with Gasteiger partial charge in [0.2, 0.25) is 0 Å². The first-order valence-corrected chi connectivity index (χ1v) is 9.82. The molecular formula is C23H27N5O. The van der Waals surface area contributed by atoms with Gasteiger partial charge in [-0.15, -0.1) is 0 Å². The van der Waals surface area contributed by atoms with Crippen LogP contribution in [0.25, 0.3) is 0 Å². The van der Waals surface area contributed by atoms with E-state index in [0.717, 1.165) is 41.3 Å². The van der Waals surface area contributed by atoms with E-state index in [1.54, 1.807) is 6.20 Å². The second-order valence-electron chi connectivity index (χ2n) is 6.91. The Morgan fingerprint density at radius 3 is 2.41 bits per heavy atom. The fraction of sp³-hybridized carbons (Fsp3) is 0.261. The molecule has 0 aliphatic heterocycles. The van der Waals surface area contributed by atoms with Crippen LogP contribution in [-0.4, -0.2) is 29.0 Å². The molecule has 3 rings (SSSR count). The van der Waals surface area contributed by atoms with Crippen molar-refractivity contribution in [1.82, 2.24) is 9.97 Å². The average molecular weight is 390 g/mol. The number of hydrogen-bond acceptors (Lipinski definition) is 5. The van der Waals surface area contributed by atoms with Crippen molar-refractivity contribution in [3.8, 4) is 0 Å². The van der Waals surface area contributed by atoms with Crippen LogP contribution >= 0.6 is 0 Å². The van der Waals surface area contributed by atoms with Crippen molar-refractivity contribution in [2.45, 2.75) is 27.7 Å². The number of carbonyl (C=O) groups excluding carboxylic acids is 1. The van der Waals surface area contributed by atoms with Crippen LogP contribution in [0.4, 0.5) is 22.9 Å². The summed E-state index contributed by atoms with van der Waals surface area (Å²) in [6.45, 7) is 10.2. The second kappa shape index (κ2) is 9.19. The molecule has 1 heterocycles. The number of aromatic nitrogens is 2. The monoisotopic (exact) mass is 389 g/mol. The summed E-state index contributed by atoms with van der Waals surface area (Å²) >= 11 is 0. The molecule has 0 atom stereocenters. The standard InChI is InChI=1S/C23H27N5O/c1-5-28(6-2)19-10-11-20(17(4)13-19)27-23(29)21-14-25-22(15-24-21)26-18-9-7-8-16(3)12-18/h7-15H,5-6H2,1-4H3,(H,25,26)(H,27,29). The maximum Gasteiger partial charge on any atom is 0.275 e. The smallest absolute Gasteiger partial charge is 0.275 e. The van der Waals surface area contributed by atoms with Crippen LogP contribution in [0.3, 0.4) is 0 Å². The molecule has 0 radical (unpaired) electrons. The van der Waals surface area contributed by atoms with Crippen LogP contribution in [0.2, 0.25) is 0 Å². The molecule has 2 aromatic carbocycles. The van der Waals surface area contributed by atoms with E-state index in [2.05, 4.69) is 45.4 Å². The summed E-state index contributed by atoms with van der Waals surface area (Å²) in [5.41, 5.74) is 5.29. The lowest BCUT2D eigenvalue weighted by Crippen LogP contribution is -2.22. The van der Waals surface area contributed by atoms with Gasteiger partial charge in [0.15, 0.2) is 0 Å². The first kappa shape index (κ1) is 20.3. The van der Waals surface area contributed by atoms with Gasteiger partial charge in [-0.1, -0.05) is 12.1 Å². The van der Waals surface area contributed by atoms with Gasteiger partial charge in [0.1, 0.15) is 11.5 Å². The van der Waals surface area contributed by atoms with Gasteiger partial charge in [0.05, 0.1) is 12.4 Å². The number of nitrogens with zero attached hydrogens (tertiary/aromatic N) is 3. The first-order valence-electron chi connectivity index (χ1n) is 9.82. The van der Waals surface area contributed by atoms with Crippen molar-refractivity contribution in [2.75, 3.05) is 28.6 Å². The van der Waals surface area contributed by atoms with E-state index < -0.39 is 0 Å². The summed E-state index contributed by atoms with van der Waals surface area (Å²) in [5.74, 6) is 0.310. The summed E-state index contributed by atoms with van der Waals surface area (Å²) in [6, 6.07) is 14.0. The minimum Gasteiger partial charge on any atom is -0.372 e. The van der Waals surface area contributed by atoms with Gasteiger partial charge in [0.25, 0.3) is 5.91 Å². The average Bonchev–Trinajstić information content (AvgIpc) is 2.71. The summed E-state index contributed by atoms with van der Waals surface area (Å²) in [4.78, 5) is 23.4. The fourth-order valence-electron chi connectivity index (χ4n) is 3.14. The molecule has 0 spiro atoms. The Morgan fingerprint density at radius 1 is 1.00 bits per heavy atom. The zero-order valence-corrected chi connectivity index (χ0v) is 17.4. The molecule has 150 valence electrons. The predicted molar refractivity (Wildman–Crippen MR) is 119 cm³/mol. The third-order valence-electron chi connectivity index (χ3n) is 4.76. The van der Waals surface area contributed by atoms with Gasteiger partial charge in [-0.3, -0.25) is 4.79 Å². The highest BCUT2D eigenvalue weighted by Gasteiger charge is 2.11. The molecule has 0 fully saturated rings. The molecular weight excluding hydrogens is 362 g/mol. The van der Waals surface area contributed by atoms with E-state index in [9.17, 15) is 4.79 Å². The molecule has 0 bridgehead atoms. The lowest BCUT2D eigenvalue weighted by Gasteiger charge is -2.22. The fourth-order valence-corrected chi connectivity index (χ4v) is 3.14. The molecule has 1 amide bonds. The van der Waals surface area contributed by atoms with E-state index in [-0.39, 0.29) is 11.6 Å². The number of nitrogens with one attached hydrogen (secondary N) is 2. The maximum atomic E-state index is 12.6. The van der Waals surface area contributed by atoms with E-state index in [1.165, 1.54) is 6.20 Å². The molecule has 6 heteroatoms. The Bertz CT molecular complexity index is 981. The highest BCUT2D eigenvalue weighted by atomic mass is 16.1. The lowest BCUT2D eigenvalue weighted by molar-refractivity contribution is 0.102. The van der Waals surface area contributed by atoms with Gasteiger partial charge >= 0.3 is 0 Å². The molecule has 6 nitrogen and oxygen atoms in total. The first-order chi connectivity index (χ1) is 14.0. The van der Waals surface area contributed by atoms with E-state index in [4.69, 9.17) is 0 Å². The van der Waals surface area contributed by atoms with Crippen LogP contribution in [0.5, 0.6) is 0 Å². The van der Waals surface area contributed by atoms with Crippen molar-refractivity contribution in [3.63, 3.8) is 0 Å². The van der Waals surface area contributed by atoms with Crippen molar-refractivity contribution in [2.24, 2.45) is 0 Å². The number of anilines is 4. The van der Waals surface area contributed by atoms with Crippen LogP contribution in [-0.2, 0) is 0 Å². The van der Waals surface area contributed by atoms with Crippen molar-refractivity contribution in [1.29, 1.82) is 0 Å². The van der Waals surface area contributed by atoms with E-state index in [1.807, 2.05) is 50.2 Å². The zero-order valence-electron chi connectivity index (χ0n) is 17.4. The molecule has 29 heavy (non-hydrogen) atoms. The topological polar surface area (TPSA) is 70.2 Å². The number of carbonyl (C=O) groups is 1. The third kappa shape index (κ3) is 5.10. The summed E-state index contributed by atoms with van der Waals surface area (Å²) in [6.07, 6.45) is 3.04. The van der Waals surface area contributed by atoms with Gasteiger partial charge < -0.3 is 15.5 Å². The molecule has 0 aliphatic rings. The number of aryl methyl sites for hydroxylation is 2. The minimum absolute atomic E-state index is 0.270. The van der Waals surface area contributed by atoms with Gasteiger partial charge in [-0.25, -0.2) is 9.97 Å². The number of benzene rings is 2. The molecule has 0 saturated heterocycles. The van der Waals surface area contributed by atoms with Crippen LogP contribution in [0.1, 0.15) is 35.5 Å². The largest absolute Gasteiger partial charge is 0.372 e. The van der Waals surface area contributed by atoms with Gasteiger partial charge in [0, 0.05) is 30.2 Å². The SMILES string of the molecule is CCN(CC)c1ccc(NC(=O)c2cnc(Nc3cccc(C)c3)cn2)c(C)c1. The molecule has 2 N–H and O–H groups in total. The van der Waals surface area contributed by atoms with Crippen LogP contribution in [0, 0.1) is 13.8 Å². The van der Waals surface area contributed by atoms with E-state index in [0.29, 0.717) is 5.82 Å². The normalized spacial score (nSPS) is 10.5. The Labute approximate surface area is 172 Å². The van der Waals surface area contributed by atoms with Crippen LogP contribution < -0.4 is 15.5 Å². The molecule has 0 unspecified atom stereocenters. The summed E-state index contributed by atoms with van der Waals surface area (Å²) < 4.78 is 0. The maximum absolute atomic E-state index is 12.6. The summed E-state index contributed by atoms with van der Waals surface area (Å²) in [7, 11) is 0. The zero-order chi connectivity index (χ0) is 20.8. The molecule has 0 aliphatic carbocycles. The van der Waals surface area contributed by atoms with Crippen molar-refractivity contribution in [3.05, 3.63) is 71.7 Å². The molecule has 1 aromatic heterocycles. The summed E-state index contributed by atoms with van der Waals surface area (Å²) in [5, 5.41) is 6.11. The van der Waals surface area contributed by atoms with Gasteiger partial charge in [-0.05, 0) is 69.2 Å². The Kier molecular flexibility index (Phi) is 6.44. The van der Waals surface area contributed by atoms with E-state index >= 15 is 0 Å². The Balaban J connectivity index is 1.68. The van der Waals surface area contributed by atoms with Crippen LogP contribution in [0.15, 0.2) is 54.9 Å². The Hall–Kier alpha value is -3.41.